The number of para-hydroxylation sites is 1. The van der Waals surface area contributed by atoms with E-state index < -0.39 is 11.2 Å². The zero-order valence-corrected chi connectivity index (χ0v) is 17.6. The Morgan fingerprint density at radius 3 is 2.66 bits per heavy atom. The lowest BCUT2D eigenvalue weighted by Gasteiger charge is -2.41. The molecule has 0 bridgehead atoms. The third-order valence-corrected chi connectivity index (χ3v) is 5.63. The third kappa shape index (κ3) is 4.16. The number of benzene rings is 1. The number of hydrogen-bond donors (Lipinski definition) is 1. The molecule has 1 atom stereocenters. The Labute approximate surface area is 185 Å². The van der Waals surface area contributed by atoms with E-state index in [0.717, 1.165) is 0 Å². The summed E-state index contributed by atoms with van der Waals surface area (Å²) in [6.45, 7) is 0.713. The zero-order chi connectivity index (χ0) is 22.6. The molecule has 8 heteroatoms. The molecule has 1 fully saturated rings. The predicted octanol–water partition coefficient (Wildman–Crippen LogP) is 3.33. The highest BCUT2D eigenvalue weighted by atomic mass is 19.1. The van der Waals surface area contributed by atoms with Gasteiger partial charge in [-0.15, -0.1) is 0 Å². The van der Waals surface area contributed by atoms with E-state index in [9.17, 15) is 14.0 Å². The van der Waals surface area contributed by atoms with Crippen LogP contribution in [-0.4, -0.2) is 46.8 Å². The molecule has 1 aliphatic heterocycles. The minimum atomic E-state index is -0.927. The van der Waals surface area contributed by atoms with Crippen LogP contribution < -0.4 is 10.1 Å². The van der Waals surface area contributed by atoms with Gasteiger partial charge in [0.25, 0.3) is 5.91 Å². The number of aromatic nitrogens is 2. The minimum absolute atomic E-state index is 0.0244. The van der Waals surface area contributed by atoms with E-state index in [2.05, 4.69) is 15.3 Å². The fraction of sp³-hybridized carbons (Fsp3) is 0.250. The molecule has 0 radical (unpaired) electrons. The highest BCUT2D eigenvalue weighted by Gasteiger charge is 2.45. The number of carbonyl (C=O) groups excluding carboxylic acids is 2. The van der Waals surface area contributed by atoms with Gasteiger partial charge in [0, 0.05) is 44.2 Å². The number of pyridine rings is 2. The number of hydrogen-bond acceptors (Lipinski definition) is 5. The summed E-state index contributed by atoms with van der Waals surface area (Å²) in [5.74, 6) is -0.814. The van der Waals surface area contributed by atoms with E-state index in [-0.39, 0.29) is 30.0 Å². The summed E-state index contributed by atoms with van der Waals surface area (Å²) in [5.41, 5.74) is 0.0546. The number of likely N-dealkylation sites (tertiary alicyclic amines) is 1. The number of carbonyl (C=O) groups is 2. The van der Waals surface area contributed by atoms with Gasteiger partial charge in [0.05, 0.1) is 5.69 Å². The molecule has 164 valence electrons. The number of piperidine rings is 1. The van der Waals surface area contributed by atoms with Crippen molar-refractivity contribution in [2.75, 3.05) is 20.1 Å². The van der Waals surface area contributed by atoms with Gasteiger partial charge in [-0.2, -0.15) is 0 Å². The molecule has 0 saturated carbocycles. The average molecular weight is 434 g/mol. The maximum atomic E-state index is 13.9. The summed E-state index contributed by atoms with van der Waals surface area (Å²) in [6, 6.07) is 14.5. The molecule has 32 heavy (non-hydrogen) atoms. The third-order valence-electron chi connectivity index (χ3n) is 5.63. The molecule has 3 aromatic rings. The molecule has 4 rings (SSSR count). The van der Waals surface area contributed by atoms with Crippen LogP contribution in [0.2, 0.25) is 0 Å². The van der Waals surface area contributed by atoms with E-state index in [1.807, 2.05) is 12.1 Å². The lowest BCUT2D eigenvalue weighted by molar-refractivity contribution is -0.128. The molecular formula is C24H23FN4O3. The van der Waals surface area contributed by atoms with Crippen molar-refractivity contribution in [1.82, 2.24) is 20.2 Å². The molecule has 7 nitrogen and oxygen atoms in total. The summed E-state index contributed by atoms with van der Waals surface area (Å²) < 4.78 is 19.4. The van der Waals surface area contributed by atoms with Crippen LogP contribution >= 0.6 is 0 Å². The summed E-state index contributed by atoms with van der Waals surface area (Å²) in [6.07, 6.45) is 4.33. The van der Waals surface area contributed by atoms with E-state index >= 15 is 0 Å². The topological polar surface area (TPSA) is 84.4 Å². The second kappa shape index (κ2) is 9.13. The van der Waals surface area contributed by atoms with E-state index in [1.165, 1.54) is 24.4 Å². The van der Waals surface area contributed by atoms with Crippen molar-refractivity contribution >= 4 is 11.8 Å². The number of rotatable bonds is 5. The van der Waals surface area contributed by atoms with Crippen LogP contribution in [0.1, 0.15) is 28.9 Å². The Balaban J connectivity index is 1.59. The molecular weight excluding hydrogens is 411 g/mol. The van der Waals surface area contributed by atoms with Crippen LogP contribution in [0, 0.1) is 5.82 Å². The molecule has 1 aromatic carbocycles. The highest BCUT2D eigenvalue weighted by molar-refractivity contribution is 5.96. The van der Waals surface area contributed by atoms with Crippen LogP contribution in [0.15, 0.2) is 67.0 Å². The molecule has 1 aliphatic rings. The second-order valence-electron chi connectivity index (χ2n) is 7.62. The maximum absolute atomic E-state index is 13.9. The minimum Gasteiger partial charge on any atom is -0.436 e. The Morgan fingerprint density at radius 2 is 1.91 bits per heavy atom. The van der Waals surface area contributed by atoms with Crippen LogP contribution in [-0.2, 0) is 10.2 Å². The van der Waals surface area contributed by atoms with Crippen LogP contribution in [0.25, 0.3) is 0 Å². The van der Waals surface area contributed by atoms with E-state index in [1.54, 1.807) is 42.4 Å². The van der Waals surface area contributed by atoms with Crippen molar-refractivity contribution in [3.05, 3.63) is 84.1 Å². The van der Waals surface area contributed by atoms with Gasteiger partial charge in [-0.05, 0) is 43.2 Å². The van der Waals surface area contributed by atoms with Crippen molar-refractivity contribution < 1.29 is 18.7 Å². The standard InChI is InChI=1S/C24H23FN4O3/c1-26-23(31)24(20-9-4-5-12-27-20)11-6-14-29(16-24)22(30)17-10-13-28-21(15-17)32-19-8-3-2-7-18(19)25/h2-5,7-10,12-13,15H,6,11,14,16H2,1H3,(H,26,31)/t24-/m1/s1. The Kier molecular flexibility index (Phi) is 6.11. The van der Waals surface area contributed by atoms with Gasteiger partial charge in [-0.3, -0.25) is 14.6 Å². The van der Waals surface area contributed by atoms with Crippen molar-refractivity contribution in [3.63, 3.8) is 0 Å². The SMILES string of the molecule is CNC(=O)[C@]1(c2ccccn2)CCCN(C(=O)c2ccnc(Oc3ccccc3F)c2)C1. The molecule has 0 spiro atoms. The normalized spacial score (nSPS) is 18.1. The van der Waals surface area contributed by atoms with Gasteiger partial charge < -0.3 is 15.0 Å². The van der Waals surface area contributed by atoms with Crippen molar-refractivity contribution in [3.8, 4) is 11.6 Å². The summed E-state index contributed by atoms with van der Waals surface area (Å²) in [4.78, 5) is 36.4. The predicted molar refractivity (Wildman–Crippen MR) is 116 cm³/mol. The number of amides is 2. The molecule has 0 unspecified atom stereocenters. The van der Waals surface area contributed by atoms with Crippen molar-refractivity contribution in [2.45, 2.75) is 18.3 Å². The fourth-order valence-corrected chi connectivity index (χ4v) is 4.05. The second-order valence-corrected chi connectivity index (χ2v) is 7.62. The van der Waals surface area contributed by atoms with Crippen molar-refractivity contribution in [1.29, 1.82) is 0 Å². The van der Waals surface area contributed by atoms with E-state index in [4.69, 9.17) is 4.74 Å². The van der Waals surface area contributed by atoms with Gasteiger partial charge in [-0.1, -0.05) is 18.2 Å². The first-order valence-corrected chi connectivity index (χ1v) is 10.3. The fourth-order valence-electron chi connectivity index (χ4n) is 4.05. The number of ether oxygens (including phenoxy) is 1. The van der Waals surface area contributed by atoms with Crippen LogP contribution in [0.4, 0.5) is 4.39 Å². The lowest BCUT2D eigenvalue weighted by atomic mass is 9.75. The number of halogens is 1. The van der Waals surface area contributed by atoms with Gasteiger partial charge in [0.15, 0.2) is 11.6 Å². The van der Waals surface area contributed by atoms with Crippen LogP contribution in [0.5, 0.6) is 11.6 Å². The smallest absolute Gasteiger partial charge is 0.254 e. The Morgan fingerprint density at radius 1 is 1.09 bits per heavy atom. The zero-order valence-electron chi connectivity index (χ0n) is 17.6. The Bertz CT molecular complexity index is 1120. The largest absolute Gasteiger partial charge is 0.436 e. The molecule has 2 amide bonds. The number of likely N-dealkylation sites (N-methyl/N-ethyl adjacent to an activating group) is 1. The molecule has 0 aliphatic carbocycles. The highest BCUT2D eigenvalue weighted by Crippen LogP contribution is 2.34. The first-order valence-electron chi connectivity index (χ1n) is 10.3. The molecule has 1 saturated heterocycles. The molecule has 1 N–H and O–H groups in total. The first-order chi connectivity index (χ1) is 15.5. The van der Waals surface area contributed by atoms with E-state index in [0.29, 0.717) is 30.6 Å². The average Bonchev–Trinajstić information content (AvgIpc) is 2.85. The van der Waals surface area contributed by atoms with Gasteiger partial charge in [-0.25, -0.2) is 9.37 Å². The molecule has 2 aromatic heterocycles. The lowest BCUT2D eigenvalue weighted by Crippen LogP contribution is -2.56. The van der Waals surface area contributed by atoms with Gasteiger partial charge in [0.1, 0.15) is 5.41 Å². The summed E-state index contributed by atoms with van der Waals surface area (Å²) >= 11 is 0. The van der Waals surface area contributed by atoms with Crippen LogP contribution in [0.3, 0.4) is 0 Å². The monoisotopic (exact) mass is 434 g/mol. The van der Waals surface area contributed by atoms with Gasteiger partial charge >= 0.3 is 0 Å². The maximum Gasteiger partial charge on any atom is 0.254 e. The van der Waals surface area contributed by atoms with Crippen molar-refractivity contribution in [2.24, 2.45) is 0 Å². The number of nitrogens with zero attached hydrogens (tertiary/aromatic N) is 3. The summed E-state index contributed by atoms with van der Waals surface area (Å²) in [7, 11) is 1.59. The van der Waals surface area contributed by atoms with Gasteiger partial charge in [0.2, 0.25) is 11.8 Å². The quantitative estimate of drug-likeness (QED) is 0.666. The Hall–Kier alpha value is -3.81. The molecule has 3 heterocycles. The number of nitrogens with one attached hydrogen (secondary N) is 1. The summed E-state index contributed by atoms with van der Waals surface area (Å²) in [5, 5.41) is 2.73. The first kappa shape index (κ1) is 21.4.